The first-order valence-corrected chi connectivity index (χ1v) is 8.78. The molecule has 6 nitrogen and oxygen atoms in total. The van der Waals surface area contributed by atoms with Gasteiger partial charge in [0, 0.05) is 29.9 Å². The summed E-state index contributed by atoms with van der Waals surface area (Å²) >= 11 is 0. The molecule has 0 bridgehead atoms. The van der Waals surface area contributed by atoms with Gasteiger partial charge in [-0.3, -0.25) is 0 Å². The van der Waals surface area contributed by atoms with Crippen LogP contribution in [0.25, 0.3) is 11.4 Å². The van der Waals surface area contributed by atoms with Gasteiger partial charge in [0.2, 0.25) is 0 Å². The van der Waals surface area contributed by atoms with Crippen LogP contribution in [0.15, 0.2) is 67.3 Å². The Balaban J connectivity index is 1.65. The molecule has 0 spiro atoms. The minimum atomic E-state index is 0.553. The molecule has 136 valence electrons. The van der Waals surface area contributed by atoms with E-state index in [1.807, 2.05) is 54.6 Å². The number of nitrogens with zero attached hydrogens (tertiary/aromatic N) is 2. The lowest BCUT2D eigenvalue weighted by molar-refractivity contribution is 0.171. The van der Waals surface area contributed by atoms with Crippen LogP contribution in [0.4, 0.5) is 17.3 Å². The van der Waals surface area contributed by atoms with Crippen LogP contribution in [0.3, 0.4) is 0 Å². The van der Waals surface area contributed by atoms with Crippen LogP contribution in [-0.4, -0.2) is 29.7 Å². The van der Waals surface area contributed by atoms with Gasteiger partial charge < -0.3 is 20.1 Å². The molecule has 0 amide bonds. The smallest absolute Gasteiger partial charge is 0.163 e. The summed E-state index contributed by atoms with van der Waals surface area (Å²) in [4.78, 5) is 9.26. The summed E-state index contributed by atoms with van der Waals surface area (Å²) < 4.78 is 11.2. The van der Waals surface area contributed by atoms with Crippen molar-refractivity contribution in [2.24, 2.45) is 0 Å². The highest BCUT2D eigenvalue weighted by molar-refractivity contribution is 5.67. The van der Waals surface area contributed by atoms with Crippen molar-refractivity contribution in [1.82, 2.24) is 9.97 Å². The fourth-order valence-electron chi connectivity index (χ4n) is 2.76. The molecule has 1 aliphatic heterocycles. The molecule has 2 heterocycles. The largest absolute Gasteiger partial charge is 0.486 e. The van der Waals surface area contributed by atoms with Gasteiger partial charge in [-0.1, -0.05) is 36.4 Å². The van der Waals surface area contributed by atoms with E-state index < -0.39 is 0 Å². The van der Waals surface area contributed by atoms with Gasteiger partial charge in [-0.25, -0.2) is 9.97 Å². The quantitative estimate of drug-likeness (QED) is 0.640. The maximum Gasteiger partial charge on any atom is 0.163 e. The first-order chi connectivity index (χ1) is 13.3. The number of hydrogen-bond acceptors (Lipinski definition) is 6. The zero-order valence-corrected chi connectivity index (χ0v) is 14.8. The number of nitrogens with one attached hydrogen (secondary N) is 2. The number of rotatable bonds is 6. The summed E-state index contributed by atoms with van der Waals surface area (Å²) in [5.41, 5.74) is 1.82. The second-order valence-corrected chi connectivity index (χ2v) is 5.98. The average molecular weight is 360 g/mol. The van der Waals surface area contributed by atoms with E-state index in [1.165, 1.54) is 0 Å². The van der Waals surface area contributed by atoms with Crippen LogP contribution >= 0.6 is 0 Å². The Morgan fingerprint density at radius 1 is 0.926 bits per heavy atom. The summed E-state index contributed by atoms with van der Waals surface area (Å²) in [6, 6.07) is 17.5. The molecule has 1 aromatic heterocycles. The fourth-order valence-corrected chi connectivity index (χ4v) is 2.76. The Kier molecular flexibility index (Phi) is 4.87. The Bertz CT molecular complexity index is 944. The lowest BCUT2D eigenvalue weighted by Gasteiger charge is -2.19. The first-order valence-electron chi connectivity index (χ1n) is 8.78. The Morgan fingerprint density at radius 3 is 2.52 bits per heavy atom. The predicted molar refractivity (Wildman–Crippen MR) is 107 cm³/mol. The first kappa shape index (κ1) is 16.9. The highest BCUT2D eigenvalue weighted by atomic mass is 16.6. The van der Waals surface area contributed by atoms with Gasteiger partial charge in [0.1, 0.15) is 24.8 Å². The summed E-state index contributed by atoms with van der Waals surface area (Å²) in [7, 11) is 0. The van der Waals surface area contributed by atoms with E-state index >= 15 is 0 Å². The molecule has 0 saturated heterocycles. The van der Waals surface area contributed by atoms with E-state index in [0.29, 0.717) is 31.4 Å². The molecule has 0 saturated carbocycles. The summed E-state index contributed by atoms with van der Waals surface area (Å²) in [6.45, 7) is 5.49. The average Bonchev–Trinajstić information content (AvgIpc) is 2.72. The standard InChI is InChI=1S/C21H20N4O2/c1-2-10-22-19-14-20(25-21(24-19)15-6-4-3-5-7-15)23-16-8-9-17-18(13-16)27-12-11-26-17/h2-9,13-14H,1,10-12H2,(H2,22,23,24,25). The fraction of sp³-hybridized carbons (Fsp3) is 0.143. The number of benzene rings is 2. The van der Waals surface area contributed by atoms with E-state index in [2.05, 4.69) is 27.2 Å². The van der Waals surface area contributed by atoms with Crippen molar-refractivity contribution in [2.75, 3.05) is 30.4 Å². The molecule has 4 rings (SSSR count). The zero-order chi connectivity index (χ0) is 18.5. The SMILES string of the molecule is C=CCNc1cc(Nc2ccc3c(c2)OCCO3)nc(-c2ccccc2)n1. The number of ether oxygens (including phenoxy) is 2. The third-order valence-electron chi connectivity index (χ3n) is 4.00. The van der Waals surface area contributed by atoms with Gasteiger partial charge in [0.25, 0.3) is 0 Å². The maximum absolute atomic E-state index is 5.65. The van der Waals surface area contributed by atoms with Crippen LogP contribution in [0, 0.1) is 0 Å². The van der Waals surface area contributed by atoms with E-state index in [1.54, 1.807) is 6.08 Å². The highest BCUT2D eigenvalue weighted by Gasteiger charge is 2.13. The van der Waals surface area contributed by atoms with Crippen molar-refractivity contribution >= 4 is 17.3 Å². The Morgan fingerprint density at radius 2 is 1.70 bits per heavy atom. The number of anilines is 3. The van der Waals surface area contributed by atoms with E-state index in [-0.39, 0.29) is 0 Å². The highest BCUT2D eigenvalue weighted by Crippen LogP contribution is 2.33. The molecule has 3 aromatic rings. The molecule has 0 aliphatic carbocycles. The van der Waals surface area contributed by atoms with E-state index in [9.17, 15) is 0 Å². The van der Waals surface area contributed by atoms with Crippen LogP contribution < -0.4 is 20.1 Å². The van der Waals surface area contributed by atoms with Gasteiger partial charge in [-0.05, 0) is 12.1 Å². The van der Waals surface area contributed by atoms with Crippen LogP contribution in [0.1, 0.15) is 0 Å². The third-order valence-corrected chi connectivity index (χ3v) is 4.00. The van der Waals surface area contributed by atoms with Crippen molar-refractivity contribution in [3.05, 3.63) is 67.3 Å². The van der Waals surface area contributed by atoms with Gasteiger partial charge in [-0.2, -0.15) is 0 Å². The van der Waals surface area contributed by atoms with Gasteiger partial charge in [-0.15, -0.1) is 6.58 Å². The molecule has 2 N–H and O–H groups in total. The third kappa shape index (κ3) is 4.00. The lowest BCUT2D eigenvalue weighted by Crippen LogP contribution is -2.15. The maximum atomic E-state index is 5.65. The minimum Gasteiger partial charge on any atom is -0.486 e. The van der Waals surface area contributed by atoms with Crippen LogP contribution in [0.5, 0.6) is 11.5 Å². The molecule has 27 heavy (non-hydrogen) atoms. The van der Waals surface area contributed by atoms with Crippen molar-refractivity contribution in [2.45, 2.75) is 0 Å². The normalized spacial score (nSPS) is 12.3. The lowest BCUT2D eigenvalue weighted by atomic mass is 10.2. The van der Waals surface area contributed by atoms with Crippen molar-refractivity contribution in [1.29, 1.82) is 0 Å². The number of hydrogen-bond donors (Lipinski definition) is 2. The molecule has 1 aliphatic rings. The number of aromatic nitrogens is 2. The zero-order valence-electron chi connectivity index (χ0n) is 14.8. The van der Waals surface area contributed by atoms with Crippen LogP contribution in [-0.2, 0) is 0 Å². The van der Waals surface area contributed by atoms with Crippen molar-refractivity contribution in [3.8, 4) is 22.9 Å². The topological polar surface area (TPSA) is 68.3 Å². The van der Waals surface area contributed by atoms with E-state index in [0.717, 1.165) is 28.6 Å². The minimum absolute atomic E-state index is 0.553. The Labute approximate surface area is 157 Å². The summed E-state index contributed by atoms with van der Waals surface area (Å²) in [6.07, 6.45) is 1.79. The van der Waals surface area contributed by atoms with Gasteiger partial charge in [0.15, 0.2) is 17.3 Å². The molecular weight excluding hydrogens is 340 g/mol. The summed E-state index contributed by atoms with van der Waals surface area (Å²) in [5.74, 6) is 3.54. The van der Waals surface area contributed by atoms with Crippen molar-refractivity contribution < 1.29 is 9.47 Å². The van der Waals surface area contributed by atoms with Gasteiger partial charge in [0.05, 0.1) is 0 Å². The molecule has 0 radical (unpaired) electrons. The summed E-state index contributed by atoms with van der Waals surface area (Å²) in [5, 5.41) is 6.56. The molecule has 6 heteroatoms. The molecule has 0 fully saturated rings. The van der Waals surface area contributed by atoms with Crippen molar-refractivity contribution in [3.63, 3.8) is 0 Å². The predicted octanol–water partition coefficient (Wildman–Crippen LogP) is 4.26. The molecule has 0 unspecified atom stereocenters. The monoisotopic (exact) mass is 360 g/mol. The molecule has 0 atom stereocenters. The molecular formula is C21H20N4O2. The number of fused-ring (bicyclic) bond motifs is 1. The second kappa shape index (κ2) is 7.78. The molecule has 2 aromatic carbocycles. The van der Waals surface area contributed by atoms with Gasteiger partial charge >= 0.3 is 0 Å². The Hall–Kier alpha value is -3.54. The second-order valence-electron chi connectivity index (χ2n) is 5.98. The van der Waals surface area contributed by atoms with Crippen LogP contribution in [0.2, 0.25) is 0 Å². The van der Waals surface area contributed by atoms with E-state index in [4.69, 9.17) is 9.47 Å².